The van der Waals surface area contributed by atoms with Gasteiger partial charge in [-0.05, 0) is 61.4 Å². The first-order valence-electron chi connectivity index (χ1n) is 13.1. The van der Waals surface area contributed by atoms with E-state index in [-0.39, 0.29) is 6.10 Å². The highest BCUT2D eigenvalue weighted by molar-refractivity contribution is 5.71. The van der Waals surface area contributed by atoms with Crippen LogP contribution in [0.4, 0.5) is 24.5 Å². The number of anilines is 2. The lowest BCUT2D eigenvalue weighted by atomic mass is 10.1. The molecule has 1 aliphatic heterocycles. The number of hydrogen-bond acceptors (Lipinski definition) is 7. The minimum atomic E-state index is -4.43. The van der Waals surface area contributed by atoms with Crippen LogP contribution < -0.4 is 26.1 Å². The summed E-state index contributed by atoms with van der Waals surface area (Å²) in [5.41, 5.74) is 2.50. The smallest absolute Gasteiger partial charge is 0.416 e. The van der Waals surface area contributed by atoms with Gasteiger partial charge < -0.3 is 24.1 Å². The summed E-state index contributed by atoms with van der Waals surface area (Å²) in [4.78, 5) is 14.1. The minimum absolute atomic E-state index is 0.275. The number of nitrogens with one attached hydrogen (secondary N) is 1. The van der Waals surface area contributed by atoms with Crippen molar-refractivity contribution in [2.75, 3.05) is 39.8 Å². The number of ether oxygens (including phenoxy) is 3. The maximum atomic E-state index is 13.3. The number of aromatic nitrogens is 3. The van der Waals surface area contributed by atoms with Crippen LogP contribution in [0.2, 0.25) is 0 Å². The van der Waals surface area contributed by atoms with Crippen molar-refractivity contribution in [3.8, 4) is 23.0 Å². The molecule has 5 rings (SSSR count). The van der Waals surface area contributed by atoms with E-state index in [1.807, 2.05) is 28.8 Å². The number of rotatable bonds is 9. The Labute approximate surface area is 234 Å². The molecule has 0 fully saturated rings. The zero-order chi connectivity index (χ0) is 29.0. The number of halogens is 3. The Morgan fingerprint density at radius 2 is 1.80 bits per heavy atom. The van der Waals surface area contributed by atoms with Gasteiger partial charge in [0.2, 0.25) is 5.88 Å². The molecule has 2 aliphatic carbocycles. The minimum Gasteiger partial charge on any atom is -0.480 e. The monoisotopic (exact) mass is 565 g/mol. The van der Waals surface area contributed by atoms with Crippen LogP contribution in [0, 0.1) is 0 Å². The van der Waals surface area contributed by atoms with Gasteiger partial charge in [0, 0.05) is 26.1 Å². The Kier molecular flexibility index (Phi) is 8.36. The Bertz CT molecular complexity index is 1680. The summed E-state index contributed by atoms with van der Waals surface area (Å²) in [7, 11) is 4.74. The van der Waals surface area contributed by atoms with Crippen molar-refractivity contribution in [2.45, 2.75) is 25.1 Å². The maximum absolute atomic E-state index is 13.3. The summed E-state index contributed by atoms with van der Waals surface area (Å²) in [6, 6.07) is 12.5. The van der Waals surface area contributed by atoms with Crippen molar-refractivity contribution in [3.63, 3.8) is 0 Å². The molecule has 0 saturated carbocycles. The number of hydrogen-bond donors (Lipinski definition) is 1. The van der Waals surface area contributed by atoms with Crippen LogP contribution in [0.3, 0.4) is 0 Å². The van der Waals surface area contributed by atoms with Gasteiger partial charge in [-0.2, -0.15) is 13.2 Å². The first kappa shape index (κ1) is 28.3. The van der Waals surface area contributed by atoms with Crippen molar-refractivity contribution >= 4 is 23.5 Å². The average molecular weight is 566 g/mol. The van der Waals surface area contributed by atoms with Gasteiger partial charge >= 0.3 is 6.18 Å². The normalized spacial score (nSPS) is 14.2. The highest BCUT2D eigenvalue weighted by Gasteiger charge is 2.30. The zero-order valence-corrected chi connectivity index (χ0v) is 22.9. The number of nitrogens with zero attached hydrogens (tertiary/aromatic N) is 4. The van der Waals surface area contributed by atoms with Crippen molar-refractivity contribution in [1.82, 2.24) is 14.5 Å². The van der Waals surface area contributed by atoms with Crippen molar-refractivity contribution < 1.29 is 27.4 Å². The standard InChI is InChI=1S/C30H30F3N5O3/c1-39-18-21(40-2)17-35-24-16-28-26(15-25(24)37-23-8-6-14-34-29(23)41-3)36-22-7-4-5-9-27(22)38(28)20-12-10-19(11-13-20)30(31,32)33/h6-16,21,37H,4-5,17-18H2,1-3H3. The molecule has 0 amide bonds. The third-order valence-electron chi connectivity index (χ3n) is 6.76. The number of fused-ring (bicyclic) bond motifs is 2. The van der Waals surface area contributed by atoms with Gasteiger partial charge in [0.1, 0.15) is 5.69 Å². The molecule has 3 aliphatic rings. The lowest BCUT2D eigenvalue weighted by molar-refractivity contribution is -0.137. The summed E-state index contributed by atoms with van der Waals surface area (Å²) in [5, 5.41) is 5.56. The highest BCUT2D eigenvalue weighted by Crippen LogP contribution is 2.31. The lowest BCUT2D eigenvalue weighted by Crippen LogP contribution is -2.40. The van der Waals surface area contributed by atoms with E-state index in [9.17, 15) is 13.2 Å². The fourth-order valence-corrected chi connectivity index (χ4v) is 4.74. The van der Waals surface area contributed by atoms with Gasteiger partial charge in [0.05, 0.1) is 65.1 Å². The summed E-state index contributed by atoms with van der Waals surface area (Å²) in [6.45, 7) is 0.672. The molecule has 0 radical (unpaired) electrons. The molecule has 0 spiro atoms. The number of benzene rings is 2. The van der Waals surface area contributed by atoms with E-state index in [1.54, 1.807) is 33.6 Å². The second-order valence-corrected chi connectivity index (χ2v) is 9.44. The Hall–Kier alpha value is -4.22. The van der Waals surface area contributed by atoms with Crippen LogP contribution in [-0.4, -0.2) is 55.1 Å². The molecule has 1 aromatic carbocycles. The Morgan fingerprint density at radius 1 is 1.02 bits per heavy atom. The fraction of sp³-hybridized carbons (Fsp3) is 0.300. The summed E-state index contributed by atoms with van der Waals surface area (Å²) in [5.74, 6) is 0.411. The van der Waals surface area contributed by atoms with Gasteiger partial charge in [-0.3, -0.25) is 4.99 Å². The van der Waals surface area contributed by atoms with Crippen molar-refractivity contribution in [2.24, 2.45) is 4.99 Å². The highest BCUT2D eigenvalue weighted by atomic mass is 19.4. The third-order valence-corrected chi connectivity index (χ3v) is 6.76. The van der Waals surface area contributed by atoms with Crippen molar-refractivity contribution in [3.05, 3.63) is 76.3 Å². The topological polar surface area (TPSA) is 82.8 Å². The van der Waals surface area contributed by atoms with Gasteiger partial charge in [-0.25, -0.2) is 9.97 Å². The summed E-state index contributed by atoms with van der Waals surface area (Å²) in [6.07, 6.45) is 2.65. The van der Waals surface area contributed by atoms with Crippen molar-refractivity contribution in [1.29, 1.82) is 0 Å². The molecule has 2 heterocycles. The van der Waals surface area contributed by atoms with Crippen LogP contribution in [0.1, 0.15) is 18.4 Å². The van der Waals surface area contributed by atoms with Gasteiger partial charge in [0.25, 0.3) is 0 Å². The number of pyridine rings is 1. The Balaban J connectivity index is 1.75. The average Bonchev–Trinajstić information content (AvgIpc) is 2.98. The molecule has 8 nitrogen and oxygen atoms in total. The van der Waals surface area contributed by atoms with Crippen LogP contribution in [0.15, 0.2) is 59.7 Å². The third kappa shape index (κ3) is 6.10. The summed E-state index contributed by atoms with van der Waals surface area (Å²) < 4.78 is 58.1. The maximum Gasteiger partial charge on any atom is 0.416 e. The van der Waals surface area contributed by atoms with Crippen LogP contribution >= 0.6 is 0 Å². The zero-order valence-electron chi connectivity index (χ0n) is 22.9. The van der Waals surface area contributed by atoms with E-state index in [1.165, 1.54) is 12.1 Å². The molecule has 1 atom stereocenters. The number of methoxy groups -OCH3 is 3. The largest absolute Gasteiger partial charge is 0.480 e. The fourth-order valence-electron chi connectivity index (χ4n) is 4.74. The van der Waals surface area contributed by atoms with Gasteiger partial charge in [-0.1, -0.05) is 12.2 Å². The molecule has 214 valence electrons. The molecule has 0 bridgehead atoms. The predicted octanol–water partition coefficient (Wildman–Crippen LogP) is 4.06. The van der Waals surface area contributed by atoms with Crippen LogP contribution in [0.25, 0.3) is 29.2 Å². The molecule has 1 unspecified atom stereocenters. The molecular formula is C30H30F3N5O3. The van der Waals surface area contributed by atoms with E-state index < -0.39 is 11.7 Å². The first-order chi connectivity index (χ1) is 19.8. The molecule has 11 heteroatoms. The molecule has 1 N–H and O–H groups in total. The van der Waals surface area contributed by atoms with Gasteiger partial charge in [-0.15, -0.1) is 0 Å². The van der Waals surface area contributed by atoms with E-state index in [0.29, 0.717) is 52.8 Å². The molecule has 2 aromatic rings. The second-order valence-electron chi connectivity index (χ2n) is 9.44. The molecular weight excluding hydrogens is 535 g/mol. The predicted molar refractivity (Wildman–Crippen MR) is 150 cm³/mol. The van der Waals surface area contributed by atoms with Crippen LogP contribution in [0.5, 0.6) is 5.88 Å². The van der Waals surface area contributed by atoms with E-state index in [2.05, 4.69) is 16.4 Å². The SMILES string of the molecule is COCC(CN=c1cc2n(-c3ccc(C(F)(F)F)cc3)c3c(nc-2cc1Nc1cccnc1OC)=CCCC=3)OC. The number of alkyl halides is 3. The molecule has 41 heavy (non-hydrogen) atoms. The van der Waals surface area contributed by atoms with Gasteiger partial charge in [0.15, 0.2) is 0 Å². The van der Waals surface area contributed by atoms with E-state index in [0.717, 1.165) is 35.7 Å². The first-order valence-corrected chi connectivity index (χ1v) is 13.1. The van der Waals surface area contributed by atoms with E-state index in [4.69, 9.17) is 24.2 Å². The van der Waals surface area contributed by atoms with Crippen LogP contribution in [-0.2, 0) is 15.7 Å². The second kappa shape index (κ2) is 12.1. The quantitative estimate of drug-likeness (QED) is 0.330. The van der Waals surface area contributed by atoms with E-state index >= 15 is 0 Å². The summed E-state index contributed by atoms with van der Waals surface area (Å²) >= 11 is 0. The molecule has 0 saturated heterocycles. The molecule has 1 aromatic heterocycles. The Morgan fingerprint density at radius 3 is 2.51 bits per heavy atom. The lowest BCUT2D eigenvalue weighted by Gasteiger charge is -2.21.